The summed E-state index contributed by atoms with van der Waals surface area (Å²) >= 11 is 0. The Balaban J connectivity index is 4.71. The average molecular weight is 1670 g/mol. The van der Waals surface area contributed by atoms with Crippen LogP contribution in [0, 0.1) is 0 Å². The van der Waals surface area contributed by atoms with Gasteiger partial charge >= 0.3 is 33.6 Å². The van der Waals surface area contributed by atoms with Gasteiger partial charge in [0.1, 0.15) is 25.4 Å². The second-order valence-corrected chi connectivity index (χ2v) is 32.9. The van der Waals surface area contributed by atoms with E-state index in [0.717, 1.165) is 199 Å². The first-order chi connectivity index (χ1) is 57.2. The van der Waals surface area contributed by atoms with Crippen molar-refractivity contribution in [1.82, 2.24) is 0 Å². The summed E-state index contributed by atoms with van der Waals surface area (Å²) in [6.07, 6.45) is 119. The lowest BCUT2D eigenvalue weighted by Crippen LogP contribution is -2.30. The molecule has 5 atom stereocenters. The zero-order valence-electron chi connectivity index (χ0n) is 73.3. The van der Waals surface area contributed by atoms with Gasteiger partial charge in [0.2, 0.25) is 0 Å². The van der Waals surface area contributed by atoms with Gasteiger partial charge in [0, 0.05) is 19.3 Å². The first-order valence-corrected chi connectivity index (χ1v) is 48.7. The van der Waals surface area contributed by atoms with Crippen LogP contribution in [0.2, 0.25) is 0 Å². The zero-order valence-corrected chi connectivity index (χ0v) is 75.1. The number of aliphatic hydroxyl groups is 2. The number of allylic oxidation sites excluding steroid dienone is 32. The van der Waals surface area contributed by atoms with Crippen molar-refractivity contribution in [1.29, 1.82) is 0 Å². The highest BCUT2D eigenvalue weighted by atomic mass is 31.2. The number of hydrogen-bond donors (Lipinski definition) is 4. The highest BCUT2D eigenvalue weighted by Crippen LogP contribution is 2.45. The second kappa shape index (κ2) is 89.6. The minimum Gasteiger partial charge on any atom is -0.463 e. The molecule has 0 saturated carbocycles. The molecule has 0 rings (SSSR count). The Kier molecular flexibility index (Phi) is 85.3. The smallest absolute Gasteiger partial charge is 0.463 e. The fourth-order valence-corrected chi connectivity index (χ4v) is 13.6. The number of phosphoric acid groups is 2. The standard InChI is InChI=1S/C99H164O16P2/c1-4-7-10-13-16-19-22-25-28-31-34-37-40-43-46-49-52-55-58-61-64-67-70-73-76-79-82-85-97(102)109-88-94(100)89-111-116(105,106)112-90-95(101)91-113-117(107,108)114-93-96(115-99(104)87-84-81-78-75-72-69-66-63-60-57-54-51-48-45-42-39-36-33-30-27-24-21-18-15-12-9-6-3)92-110-98(103)86-83-80-77-74-71-68-65-62-59-56-53-50-47-44-41-38-35-32-29-26-23-20-17-14-11-8-5-2/h7-12,16-21,25-30,34-39,43-48,52,55,94-96,100-101H,4-6,13-15,22-24,31-33,40-42,49-51,53-54,56-93H2,1-3H3,(H,105,106)(H,107,108)/b10-7-,11-8-,12-9-,19-16-,20-17-,21-18-,28-25-,29-26-,30-27-,37-34-,38-35-,39-36-,46-43-,47-44-,48-45-,55-52-. The van der Waals surface area contributed by atoms with Crippen molar-refractivity contribution in [3.8, 4) is 0 Å². The minimum absolute atomic E-state index is 0.0934. The van der Waals surface area contributed by atoms with Crippen molar-refractivity contribution in [2.24, 2.45) is 0 Å². The molecule has 4 N–H and O–H groups in total. The Morgan fingerprint density at radius 3 is 0.675 bits per heavy atom. The zero-order chi connectivity index (χ0) is 85.1. The predicted octanol–water partition coefficient (Wildman–Crippen LogP) is 28.2. The van der Waals surface area contributed by atoms with Gasteiger partial charge in [-0.25, -0.2) is 9.13 Å². The second-order valence-electron chi connectivity index (χ2n) is 30.0. The van der Waals surface area contributed by atoms with Crippen molar-refractivity contribution in [3.63, 3.8) is 0 Å². The summed E-state index contributed by atoms with van der Waals surface area (Å²) < 4.78 is 61.5. The molecule has 0 aliphatic carbocycles. The van der Waals surface area contributed by atoms with Gasteiger partial charge in [-0.05, 0) is 161 Å². The molecule has 0 heterocycles. The van der Waals surface area contributed by atoms with Crippen LogP contribution in [0.1, 0.15) is 355 Å². The van der Waals surface area contributed by atoms with Crippen LogP contribution in [0.25, 0.3) is 0 Å². The van der Waals surface area contributed by atoms with Gasteiger partial charge in [0.05, 0.1) is 26.4 Å². The van der Waals surface area contributed by atoms with E-state index in [1.54, 1.807) is 0 Å². The molecule has 18 heteroatoms. The molecular formula is C99H164O16P2. The van der Waals surface area contributed by atoms with Crippen molar-refractivity contribution >= 4 is 33.6 Å². The average Bonchev–Trinajstić information content (AvgIpc) is 0.900. The first kappa shape index (κ1) is 111. The van der Waals surface area contributed by atoms with Crippen LogP contribution >= 0.6 is 15.6 Å². The van der Waals surface area contributed by atoms with E-state index in [9.17, 15) is 43.5 Å². The van der Waals surface area contributed by atoms with Crippen LogP contribution in [-0.2, 0) is 55.8 Å². The van der Waals surface area contributed by atoms with E-state index >= 15 is 0 Å². The van der Waals surface area contributed by atoms with Crippen LogP contribution in [0.4, 0.5) is 0 Å². The summed E-state index contributed by atoms with van der Waals surface area (Å²) in [5, 5.41) is 20.7. The molecule has 0 radical (unpaired) electrons. The van der Waals surface area contributed by atoms with Crippen molar-refractivity contribution in [2.45, 2.75) is 373 Å². The summed E-state index contributed by atoms with van der Waals surface area (Å²) in [7, 11) is -9.82. The number of carbonyl (C=O) groups is 3. The minimum atomic E-state index is -4.95. The topological polar surface area (TPSA) is 231 Å². The number of esters is 3. The molecule has 0 aromatic heterocycles. The van der Waals surface area contributed by atoms with Gasteiger partial charge in [0.25, 0.3) is 0 Å². The number of rotatable bonds is 85. The number of hydrogen-bond acceptors (Lipinski definition) is 14. The van der Waals surface area contributed by atoms with Crippen LogP contribution in [-0.4, -0.2) is 95.9 Å². The fraction of sp³-hybridized carbons (Fsp3) is 0.646. The molecule has 117 heavy (non-hydrogen) atoms. The third-order valence-electron chi connectivity index (χ3n) is 18.8. The van der Waals surface area contributed by atoms with Crippen LogP contribution in [0.5, 0.6) is 0 Å². The molecular weight excluding hydrogens is 1510 g/mol. The Hall–Kier alpha value is -5.61. The molecule has 0 saturated heterocycles. The SMILES string of the molecule is CC/C=C\C/C=C\C/C=C\C/C=C\C/C=C\C/C=C\CCCCCCCCCCC(=O)OCC(O)COP(=O)(O)OCC(O)COP(=O)(O)OCC(COC(=O)CCCCCCCCCCCCC/C=C\C/C=C\C/C=C\C/C=C\C/C=C\CC)OC(=O)CCCCCCCCCCCCC/C=C\C/C=C\C/C=C\C/C=C\C/C=C\CC. The predicted molar refractivity (Wildman–Crippen MR) is 491 cm³/mol. The summed E-state index contributed by atoms with van der Waals surface area (Å²) in [5.74, 6) is -1.59. The third kappa shape index (κ3) is 91.0. The van der Waals surface area contributed by atoms with Gasteiger partial charge in [-0.2, -0.15) is 0 Å². The van der Waals surface area contributed by atoms with E-state index in [4.69, 9.17) is 32.3 Å². The quantitative estimate of drug-likeness (QED) is 0.0146. The molecule has 0 aliphatic rings. The Morgan fingerprint density at radius 2 is 0.427 bits per heavy atom. The van der Waals surface area contributed by atoms with Gasteiger partial charge in [-0.3, -0.25) is 32.5 Å². The molecule has 0 aromatic carbocycles. The molecule has 0 fully saturated rings. The summed E-state index contributed by atoms with van der Waals surface area (Å²) in [6.45, 7) is 2.35. The van der Waals surface area contributed by atoms with Crippen LogP contribution in [0.3, 0.4) is 0 Å². The maximum atomic E-state index is 13.1. The van der Waals surface area contributed by atoms with E-state index in [1.807, 2.05) is 0 Å². The molecule has 0 aliphatic heterocycles. The number of carbonyl (C=O) groups excluding carboxylic acids is 3. The Morgan fingerprint density at radius 1 is 0.239 bits per heavy atom. The highest BCUT2D eigenvalue weighted by molar-refractivity contribution is 7.47. The number of unbranched alkanes of at least 4 members (excludes halogenated alkanes) is 30. The van der Waals surface area contributed by atoms with E-state index in [2.05, 4.69) is 215 Å². The largest absolute Gasteiger partial charge is 0.472 e. The van der Waals surface area contributed by atoms with Crippen molar-refractivity contribution < 1.29 is 75.8 Å². The van der Waals surface area contributed by atoms with E-state index in [1.165, 1.54) is 96.3 Å². The summed E-state index contributed by atoms with van der Waals surface area (Å²) in [4.78, 5) is 59.1. The number of ether oxygens (including phenoxy) is 3. The molecule has 5 unspecified atom stereocenters. The normalized spacial score (nSPS) is 14.7. The lowest BCUT2D eigenvalue weighted by atomic mass is 10.0. The summed E-state index contributed by atoms with van der Waals surface area (Å²) in [6, 6.07) is 0. The Labute approximate surface area is 712 Å². The van der Waals surface area contributed by atoms with Crippen LogP contribution in [0.15, 0.2) is 194 Å². The molecule has 666 valence electrons. The van der Waals surface area contributed by atoms with Gasteiger partial charge in [-0.15, -0.1) is 0 Å². The molecule has 0 spiro atoms. The fourth-order valence-electron chi connectivity index (χ4n) is 12.0. The molecule has 0 aromatic rings. The highest BCUT2D eigenvalue weighted by Gasteiger charge is 2.29. The van der Waals surface area contributed by atoms with E-state index < -0.39 is 91.5 Å². The Bertz CT molecular complexity index is 2910. The number of aliphatic hydroxyl groups excluding tert-OH is 2. The third-order valence-corrected chi connectivity index (χ3v) is 20.7. The van der Waals surface area contributed by atoms with Crippen molar-refractivity contribution in [2.75, 3.05) is 39.6 Å². The first-order valence-electron chi connectivity index (χ1n) is 45.7. The summed E-state index contributed by atoms with van der Waals surface area (Å²) in [5.41, 5.74) is 0. The maximum absolute atomic E-state index is 13.1. The lowest BCUT2D eigenvalue weighted by molar-refractivity contribution is -0.161. The maximum Gasteiger partial charge on any atom is 0.472 e. The molecule has 16 nitrogen and oxygen atoms in total. The van der Waals surface area contributed by atoms with E-state index in [0.29, 0.717) is 19.3 Å². The monoisotopic (exact) mass is 1670 g/mol. The van der Waals surface area contributed by atoms with Gasteiger partial charge in [0.15, 0.2) is 6.10 Å². The lowest BCUT2D eigenvalue weighted by Gasteiger charge is -2.21. The van der Waals surface area contributed by atoms with Crippen LogP contribution < -0.4 is 0 Å². The van der Waals surface area contributed by atoms with Gasteiger partial charge in [-0.1, -0.05) is 369 Å². The molecule has 0 amide bonds. The van der Waals surface area contributed by atoms with Crippen molar-refractivity contribution in [3.05, 3.63) is 194 Å². The van der Waals surface area contributed by atoms with Gasteiger partial charge < -0.3 is 34.2 Å². The number of phosphoric ester groups is 2. The van der Waals surface area contributed by atoms with E-state index in [-0.39, 0.29) is 19.3 Å². The molecule has 0 bridgehead atoms.